The van der Waals surface area contributed by atoms with Crippen LogP contribution < -0.4 is 11.1 Å². The van der Waals surface area contributed by atoms with Gasteiger partial charge in [-0.25, -0.2) is 0 Å². The van der Waals surface area contributed by atoms with Crippen molar-refractivity contribution in [2.75, 3.05) is 6.54 Å². The van der Waals surface area contributed by atoms with Gasteiger partial charge in [0.2, 0.25) is 0 Å². The number of nitrogens with one attached hydrogen (secondary N) is 1. The summed E-state index contributed by atoms with van der Waals surface area (Å²) in [5.74, 6) is -0.119. The van der Waals surface area contributed by atoms with Gasteiger partial charge < -0.3 is 11.1 Å². The molecule has 1 amide bonds. The predicted octanol–water partition coefficient (Wildman–Crippen LogP) is 3.32. The fourth-order valence-corrected chi connectivity index (χ4v) is 1.88. The summed E-state index contributed by atoms with van der Waals surface area (Å²) in [6.45, 7) is 6.37. The summed E-state index contributed by atoms with van der Waals surface area (Å²) in [6.07, 6.45) is 1.66. The van der Waals surface area contributed by atoms with E-state index in [2.05, 4.69) is 5.32 Å². The topological polar surface area (TPSA) is 55.1 Å². The van der Waals surface area contributed by atoms with Gasteiger partial charge in [0, 0.05) is 22.7 Å². The molecule has 0 heterocycles. The van der Waals surface area contributed by atoms with E-state index in [1.54, 1.807) is 18.2 Å². The smallest absolute Gasteiger partial charge is 0.251 e. The highest BCUT2D eigenvalue weighted by Gasteiger charge is 2.21. The summed E-state index contributed by atoms with van der Waals surface area (Å²) in [5, 5.41) is 3.49. The molecule has 1 aromatic carbocycles. The molecule has 0 unspecified atom stereocenters. The molecule has 0 atom stereocenters. The van der Waals surface area contributed by atoms with Crippen LogP contribution in [0.1, 0.15) is 42.6 Å². The van der Waals surface area contributed by atoms with E-state index in [4.69, 9.17) is 17.3 Å². The van der Waals surface area contributed by atoms with Crippen LogP contribution >= 0.6 is 24.0 Å². The molecule has 0 saturated heterocycles. The molecule has 0 fully saturated rings. The van der Waals surface area contributed by atoms with E-state index >= 15 is 0 Å². The molecule has 0 aliphatic carbocycles. The third-order valence-electron chi connectivity index (χ3n) is 3.52. The second-order valence-corrected chi connectivity index (χ2v) is 5.07. The highest BCUT2D eigenvalue weighted by atomic mass is 35.5. The molecular weight excluding hydrogens is 283 g/mol. The minimum absolute atomic E-state index is 0. The first kappa shape index (κ1) is 18.2. The molecule has 0 spiro atoms. The third kappa shape index (κ3) is 4.68. The minimum atomic E-state index is -0.331. The number of carbonyl (C=O) groups is 1. The Bertz CT molecular complexity index is 431. The molecule has 3 N–H and O–H groups in total. The van der Waals surface area contributed by atoms with Crippen LogP contribution in [0.5, 0.6) is 0 Å². The maximum Gasteiger partial charge on any atom is 0.251 e. The summed E-state index contributed by atoms with van der Waals surface area (Å²) in [7, 11) is 0. The Kier molecular flexibility index (Phi) is 7.42. The first-order valence-corrected chi connectivity index (χ1v) is 6.63. The van der Waals surface area contributed by atoms with Crippen LogP contribution in [0, 0.1) is 6.92 Å². The zero-order valence-electron chi connectivity index (χ0n) is 11.6. The molecule has 1 rings (SSSR count). The van der Waals surface area contributed by atoms with Gasteiger partial charge in [-0.05, 0) is 37.5 Å². The number of carbonyl (C=O) groups excluding carboxylic acids is 1. The fraction of sp³-hybridized carbons (Fsp3) is 0.500. The second-order valence-electron chi connectivity index (χ2n) is 4.66. The summed E-state index contributed by atoms with van der Waals surface area (Å²) in [4.78, 5) is 12.1. The van der Waals surface area contributed by atoms with Gasteiger partial charge in [-0.15, -0.1) is 12.4 Å². The Morgan fingerprint density at radius 1 is 1.37 bits per heavy atom. The average molecular weight is 305 g/mol. The summed E-state index contributed by atoms with van der Waals surface area (Å²) in [6, 6.07) is 5.32. The van der Waals surface area contributed by atoms with Crippen LogP contribution in [-0.2, 0) is 0 Å². The van der Waals surface area contributed by atoms with Crippen molar-refractivity contribution >= 4 is 29.9 Å². The highest BCUT2D eigenvalue weighted by molar-refractivity contribution is 6.31. The van der Waals surface area contributed by atoms with Gasteiger partial charge in [0.05, 0.1) is 0 Å². The number of hydrogen-bond donors (Lipinski definition) is 2. The maximum atomic E-state index is 12.1. The monoisotopic (exact) mass is 304 g/mol. The van der Waals surface area contributed by atoms with Crippen molar-refractivity contribution in [2.24, 2.45) is 5.73 Å². The largest absolute Gasteiger partial charge is 0.350 e. The third-order valence-corrected chi connectivity index (χ3v) is 3.93. The van der Waals surface area contributed by atoms with Crippen LogP contribution in [0.2, 0.25) is 5.02 Å². The van der Waals surface area contributed by atoms with E-state index in [0.717, 1.165) is 18.4 Å². The average Bonchev–Trinajstić information content (AvgIpc) is 2.39. The molecule has 0 aliphatic rings. The van der Waals surface area contributed by atoms with Crippen LogP contribution in [-0.4, -0.2) is 18.0 Å². The van der Waals surface area contributed by atoms with Crippen molar-refractivity contribution < 1.29 is 4.79 Å². The lowest BCUT2D eigenvalue weighted by Crippen LogP contribution is -2.49. The predicted molar refractivity (Wildman–Crippen MR) is 83.3 cm³/mol. The first-order valence-electron chi connectivity index (χ1n) is 6.25. The van der Waals surface area contributed by atoms with Crippen molar-refractivity contribution in [1.82, 2.24) is 5.32 Å². The van der Waals surface area contributed by atoms with Gasteiger partial charge in [-0.1, -0.05) is 31.5 Å². The lowest BCUT2D eigenvalue weighted by molar-refractivity contribution is 0.0941. The van der Waals surface area contributed by atoms with Gasteiger partial charge >= 0.3 is 0 Å². The summed E-state index contributed by atoms with van der Waals surface area (Å²) in [5.41, 5.74) is 7.23. The Labute approximate surface area is 126 Å². The quantitative estimate of drug-likeness (QED) is 0.877. The number of rotatable bonds is 5. The Hall–Kier alpha value is -0.770. The zero-order valence-corrected chi connectivity index (χ0v) is 13.2. The Morgan fingerprint density at radius 2 is 1.95 bits per heavy atom. The standard InChI is InChI=1S/C14H21ClN2O.ClH/c1-4-14(16,5-2)9-17-13(18)11-7-6-8-12(15)10(11)3;/h6-8H,4-5,9,16H2,1-3H3,(H,17,18);1H. The lowest BCUT2D eigenvalue weighted by Gasteiger charge is -2.27. The molecule has 3 nitrogen and oxygen atoms in total. The fourth-order valence-electron chi connectivity index (χ4n) is 1.70. The van der Waals surface area contributed by atoms with E-state index < -0.39 is 0 Å². The van der Waals surface area contributed by atoms with Gasteiger partial charge in [-0.3, -0.25) is 4.79 Å². The van der Waals surface area contributed by atoms with Crippen molar-refractivity contribution in [3.8, 4) is 0 Å². The van der Waals surface area contributed by atoms with E-state index in [-0.39, 0.29) is 23.9 Å². The number of benzene rings is 1. The van der Waals surface area contributed by atoms with Crippen LogP contribution in [0.25, 0.3) is 0 Å². The minimum Gasteiger partial charge on any atom is -0.350 e. The number of nitrogens with two attached hydrogens (primary N) is 1. The van der Waals surface area contributed by atoms with Gasteiger partial charge in [-0.2, -0.15) is 0 Å². The summed E-state index contributed by atoms with van der Waals surface area (Å²) >= 11 is 6.00. The van der Waals surface area contributed by atoms with Crippen molar-refractivity contribution in [1.29, 1.82) is 0 Å². The first-order chi connectivity index (χ1) is 8.43. The number of halogens is 2. The van der Waals surface area contributed by atoms with Crippen LogP contribution in [0.15, 0.2) is 18.2 Å². The van der Waals surface area contributed by atoms with E-state index in [1.807, 2.05) is 20.8 Å². The molecule has 0 saturated carbocycles. The van der Waals surface area contributed by atoms with Gasteiger partial charge in [0.15, 0.2) is 0 Å². The summed E-state index contributed by atoms with van der Waals surface area (Å²) < 4.78 is 0. The molecule has 5 heteroatoms. The van der Waals surface area contributed by atoms with Crippen molar-refractivity contribution in [3.05, 3.63) is 34.3 Å². The molecule has 0 bridgehead atoms. The Balaban J connectivity index is 0.00000324. The van der Waals surface area contributed by atoms with Gasteiger partial charge in [0.1, 0.15) is 0 Å². The second kappa shape index (κ2) is 7.73. The number of hydrogen-bond acceptors (Lipinski definition) is 2. The highest BCUT2D eigenvalue weighted by Crippen LogP contribution is 2.19. The van der Waals surface area contributed by atoms with E-state index in [9.17, 15) is 4.79 Å². The normalized spacial score (nSPS) is 10.8. The van der Waals surface area contributed by atoms with Crippen molar-refractivity contribution in [2.45, 2.75) is 39.2 Å². The molecule has 1 aromatic rings. The maximum absolute atomic E-state index is 12.1. The van der Waals surface area contributed by atoms with Gasteiger partial charge in [0.25, 0.3) is 5.91 Å². The Morgan fingerprint density at radius 3 is 2.47 bits per heavy atom. The molecule has 108 valence electrons. The van der Waals surface area contributed by atoms with E-state index in [0.29, 0.717) is 17.1 Å². The number of amides is 1. The molecular formula is C14H22Cl2N2O. The molecule has 0 radical (unpaired) electrons. The van der Waals surface area contributed by atoms with Crippen LogP contribution in [0.3, 0.4) is 0 Å². The van der Waals surface area contributed by atoms with E-state index in [1.165, 1.54) is 0 Å². The van der Waals surface area contributed by atoms with Crippen LogP contribution in [0.4, 0.5) is 0 Å². The molecule has 19 heavy (non-hydrogen) atoms. The molecule has 0 aliphatic heterocycles. The van der Waals surface area contributed by atoms with Crippen molar-refractivity contribution in [3.63, 3.8) is 0 Å². The zero-order chi connectivity index (χ0) is 13.8. The molecule has 0 aromatic heterocycles. The SMILES string of the molecule is CCC(N)(CC)CNC(=O)c1cccc(Cl)c1C.Cl. The lowest BCUT2D eigenvalue weighted by atomic mass is 9.94.